The van der Waals surface area contributed by atoms with E-state index in [0.717, 1.165) is 55.6 Å². The molecule has 1 N–H and O–H groups in total. The van der Waals surface area contributed by atoms with Crippen LogP contribution in [-0.2, 0) is 0 Å². The van der Waals surface area contributed by atoms with Crippen LogP contribution in [0.5, 0.6) is 5.75 Å². The summed E-state index contributed by atoms with van der Waals surface area (Å²) in [5.74, 6) is 1.73. The maximum absolute atomic E-state index is 11.4. The predicted molar refractivity (Wildman–Crippen MR) is 209 cm³/mol. The molecule has 0 fully saturated rings. The molecule has 5 heteroatoms. The Morgan fingerprint density at radius 3 is 1.48 bits per heavy atom. The first kappa shape index (κ1) is 32.1. The van der Waals surface area contributed by atoms with Gasteiger partial charge in [-0.05, 0) is 81.8 Å². The lowest BCUT2D eigenvalue weighted by Gasteiger charge is -2.17. The van der Waals surface area contributed by atoms with E-state index in [9.17, 15) is 10.4 Å². The molecule has 0 aliphatic rings. The van der Waals surface area contributed by atoms with E-state index in [1.165, 1.54) is 0 Å². The fraction of sp³-hybridized carbons (Fsp3) is 0.0213. The summed E-state index contributed by atoms with van der Waals surface area (Å²) in [6, 6.07) is 58.3. The van der Waals surface area contributed by atoms with Crippen molar-refractivity contribution in [1.29, 1.82) is 5.26 Å². The number of aromatic hydroxyl groups is 1. The second-order valence-electron chi connectivity index (χ2n) is 12.6. The van der Waals surface area contributed by atoms with Gasteiger partial charge in [-0.1, -0.05) is 140 Å². The summed E-state index contributed by atoms with van der Waals surface area (Å²) < 4.78 is 0. The van der Waals surface area contributed by atoms with Gasteiger partial charge in [0.25, 0.3) is 0 Å². The molecule has 0 saturated heterocycles. The van der Waals surface area contributed by atoms with Gasteiger partial charge in [0, 0.05) is 22.3 Å². The first-order valence-corrected chi connectivity index (χ1v) is 17.1. The molecular weight excluding hydrogens is 637 g/mol. The maximum Gasteiger partial charge on any atom is 0.164 e. The van der Waals surface area contributed by atoms with E-state index >= 15 is 0 Å². The van der Waals surface area contributed by atoms with Gasteiger partial charge in [-0.15, -0.1) is 0 Å². The number of nitriles is 1. The van der Waals surface area contributed by atoms with Crippen LogP contribution in [0, 0.1) is 18.3 Å². The number of benzene rings is 7. The monoisotopic (exact) mass is 668 g/mol. The van der Waals surface area contributed by atoms with Crippen LogP contribution in [0.25, 0.3) is 78.7 Å². The molecule has 0 amide bonds. The van der Waals surface area contributed by atoms with E-state index in [1.807, 2.05) is 134 Å². The number of hydrogen-bond acceptors (Lipinski definition) is 5. The van der Waals surface area contributed by atoms with Crippen LogP contribution >= 0.6 is 0 Å². The Balaban J connectivity index is 1.25. The van der Waals surface area contributed by atoms with Gasteiger partial charge < -0.3 is 5.11 Å². The number of nitrogens with zero attached hydrogens (tertiary/aromatic N) is 4. The summed E-state index contributed by atoms with van der Waals surface area (Å²) in [6.45, 7) is 2.04. The van der Waals surface area contributed by atoms with Gasteiger partial charge >= 0.3 is 0 Å². The number of rotatable bonds is 7. The summed E-state index contributed by atoms with van der Waals surface area (Å²) in [7, 11) is 0. The van der Waals surface area contributed by atoms with Crippen molar-refractivity contribution in [2.45, 2.75) is 6.92 Å². The lowest BCUT2D eigenvalue weighted by atomic mass is 9.88. The highest BCUT2D eigenvalue weighted by molar-refractivity contribution is 5.91. The topological polar surface area (TPSA) is 82.7 Å². The minimum atomic E-state index is 0.175. The Hall–Kier alpha value is -7.16. The number of aryl methyl sites for hydroxylation is 1. The Morgan fingerprint density at radius 1 is 0.423 bits per heavy atom. The molecule has 0 saturated carbocycles. The zero-order chi connectivity index (χ0) is 35.4. The van der Waals surface area contributed by atoms with E-state index in [-0.39, 0.29) is 5.75 Å². The van der Waals surface area contributed by atoms with E-state index in [1.54, 1.807) is 6.07 Å². The molecule has 0 aliphatic heterocycles. The Bertz CT molecular complexity index is 2520. The third-order valence-electron chi connectivity index (χ3n) is 9.19. The van der Waals surface area contributed by atoms with Crippen LogP contribution in [0.3, 0.4) is 0 Å². The van der Waals surface area contributed by atoms with Crippen molar-refractivity contribution in [2.24, 2.45) is 0 Å². The average Bonchev–Trinajstić information content (AvgIpc) is 3.22. The molecule has 8 aromatic rings. The quantitative estimate of drug-likeness (QED) is 0.183. The van der Waals surface area contributed by atoms with Crippen molar-refractivity contribution in [2.75, 3.05) is 0 Å². The van der Waals surface area contributed by atoms with Gasteiger partial charge in [-0.3, -0.25) is 0 Å². The summed E-state index contributed by atoms with van der Waals surface area (Å²) in [5, 5.41) is 21.6. The maximum atomic E-state index is 11.4. The molecule has 246 valence electrons. The molecule has 8 rings (SSSR count). The molecule has 5 nitrogen and oxygen atoms in total. The molecule has 0 spiro atoms. The standard InChI is InChI=1S/C47H32N4O/c1-31-12-11-19-41(44(31)42-29-38(24-25-43(42)52)35-22-20-34(21-23-35)33-13-5-2-6-14-33)39-26-32(30-48)27-40(28-39)47-50-45(36-15-7-3-8-16-36)49-46(51-47)37-17-9-4-10-18-37/h2-29,52H,1H3. The van der Waals surface area contributed by atoms with Crippen molar-refractivity contribution in [3.8, 4) is 90.5 Å². The number of phenolic OH excluding ortho intramolecular Hbond substituents is 1. The largest absolute Gasteiger partial charge is 0.507 e. The minimum Gasteiger partial charge on any atom is -0.507 e. The first-order valence-electron chi connectivity index (χ1n) is 17.1. The van der Waals surface area contributed by atoms with E-state index in [4.69, 9.17) is 15.0 Å². The molecule has 0 bridgehead atoms. The highest BCUT2D eigenvalue weighted by atomic mass is 16.3. The number of aromatic nitrogens is 3. The predicted octanol–water partition coefficient (Wildman–Crippen LogP) is 11.4. The van der Waals surface area contributed by atoms with Crippen LogP contribution in [0.1, 0.15) is 11.1 Å². The summed E-state index contributed by atoms with van der Waals surface area (Å²) >= 11 is 0. The van der Waals surface area contributed by atoms with Crippen LogP contribution in [0.15, 0.2) is 170 Å². The molecule has 1 heterocycles. The van der Waals surface area contributed by atoms with Crippen molar-refractivity contribution in [1.82, 2.24) is 15.0 Å². The third-order valence-corrected chi connectivity index (χ3v) is 9.19. The van der Waals surface area contributed by atoms with Gasteiger partial charge in [-0.2, -0.15) is 5.26 Å². The molecule has 7 aromatic carbocycles. The Labute approximate surface area is 302 Å². The molecule has 52 heavy (non-hydrogen) atoms. The minimum absolute atomic E-state index is 0.175. The summed E-state index contributed by atoms with van der Waals surface area (Å²) in [6.07, 6.45) is 0. The Kier molecular flexibility index (Phi) is 8.63. The number of phenols is 1. The van der Waals surface area contributed by atoms with Crippen LogP contribution in [-0.4, -0.2) is 20.1 Å². The highest BCUT2D eigenvalue weighted by Crippen LogP contribution is 2.42. The van der Waals surface area contributed by atoms with E-state index in [0.29, 0.717) is 34.2 Å². The molecule has 1 aromatic heterocycles. The molecular formula is C47H32N4O. The van der Waals surface area contributed by atoms with Gasteiger partial charge in [0.2, 0.25) is 0 Å². The zero-order valence-electron chi connectivity index (χ0n) is 28.4. The van der Waals surface area contributed by atoms with Gasteiger partial charge in [-0.25, -0.2) is 15.0 Å². The summed E-state index contributed by atoms with van der Waals surface area (Å²) in [5.41, 5.74) is 11.5. The van der Waals surface area contributed by atoms with Crippen molar-refractivity contribution >= 4 is 0 Å². The fourth-order valence-electron chi connectivity index (χ4n) is 6.58. The second-order valence-corrected chi connectivity index (χ2v) is 12.6. The van der Waals surface area contributed by atoms with Crippen molar-refractivity contribution < 1.29 is 5.11 Å². The molecule has 0 atom stereocenters. The average molecular weight is 669 g/mol. The van der Waals surface area contributed by atoms with Gasteiger partial charge in [0.05, 0.1) is 11.6 Å². The SMILES string of the molecule is Cc1cccc(-c2cc(C#N)cc(-c3nc(-c4ccccc4)nc(-c4ccccc4)n3)c2)c1-c1cc(-c2ccc(-c3ccccc3)cc2)ccc1O. The molecule has 0 unspecified atom stereocenters. The van der Waals surface area contributed by atoms with Crippen LogP contribution in [0.4, 0.5) is 0 Å². The molecule has 0 aliphatic carbocycles. The van der Waals surface area contributed by atoms with Crippen LogP contribution in [0.2, 0.25) is 0 Å². The smallest absolute Gasteiger partial charge is 0.164 e. The van der Waals surface area contributed by atoms with Gasteiger partial charge in [0.15, 0.2) is 17.5 Å². The number of hydrogen-bond donors (Lipinski definition) is 1. The van der Waals surface area contributed by atoms with Crippen LogP contribution < -0.4 is 0 Å². The zero-order valence-corrected chi connectivity index (χ0v) is 28.4. The fourth-order valence-corrected chi connectivity index (χ4v) is 6.58. The van der Waals surface area contributed by atoms with Gasteiger partial charge in [0.1, 0.15) is 5.75 Å². The first-order chi connectivity index (χ1) is 25.5. The Morgan fingerprint density at radius 2 is 0.904 bits per heavy atom. The summed E-state index contributed by atoms with van der Waals surface area (Å²) in [4.78, 5) is 14.7. The van der Waals surface area contributed by atoms with Crippen molar-refractivity contribution in [3.63, 3.8) is 0 Å². The van der Waals surface area contributed by atoms with Crippen molar-refractivity contribution in [3.05, 3.63) is 181 Å². The highest BCUT2D eigenvalue weighted by Gasteiger charge is 2.18. The normalized spacial score (nSPS) is 10.8. The van der Waals surface area contributed by atoms with E-state index in [2.05, 4.69) is 42.5 Å². The second kappa shape index (κ2) is 14.0. The van der Waals surface area contributed by atoms with E-state index < -0.39 is 0 Å². The lowest BCUT2D eigenvalue weighted by Crippen LogP contribution is -2.00. The molecule has 0 radical (unpaired) electrons. The lowest BCUT2D eigenvalue weighted by molar-refractivity contribution is 0.477. The third kappa shape index (κ3) is 6.45.